The van der Waals surface area contributed by atoms with Gasteiger partial charge in [-0.15, -0.1) is 0 Å². The van der Waals surface area contributed by atoms with Crippen molar-refractivity contribution in [1.82, 2.24) is 5.32 Å². The van der Waals surface area contributed by atoms with Gasteiger partial charge in [-0.2, -0.15) is 0 Å². The maximum absolute atomic E-state index is 12.3. The Morgan fingerprint density at radius 3 is 2.76 bits per heavy atom. The minimum atomic E-state index is 0.0287. The topological polar surface area (TPSA) is 50.4 Å². The van der Waals surface area contributed by atoms with E-state index >= 15 is 0 Å². The van der Waals surface area contributed by atoms with Crippen molar-refractivity contribution in [2.45, 2.75) is 33.1 Å². The Balaban J connectivity index is 1.89. The molecule has 1 aliphatic rings. The minimum absolute atomic E-state index is 0.0287. The standard InChI is InChI=1S/C17H26N2O2/c1-3-8-18-15-4-5-16(13(2)11-15)17(20)19-12-14-6-9-21-10-7-14/h4-5,11,14,18H,3,6-10,12H2,1-2H3,(H,19,20). The lowest BCUT2D eigenvalue weighted by Crippen LogP contribution is -2.32. The van der Waals surface area contributed by atoms with Crippen LogP contribution in [0.2, 0.25) is 0 Å². The van der Waals surface area contributed by atoms with Crippen molar-refractivity contribution >= 4 is 11.6 Å². The second-order valence-corrected chi connectivity index (χ2v) is 5.72. The first-order chi connectivity index (χ1) is 10.2. The molecule has 0 aromatic heterocycles. The molecule has 0 bridgehead atoms. The van der Waals surface area contributed by atoms with E-state index in [-0.39, 0.29) is 5.91 Å². The summed E-state index contributed by atoms with van der Waals surface area (Å²) in [6.07, 6.45) is 3.17. The smallest absolute Gasteiger partial charge is 0.251 e. The van der Waals surface area contributed by atoms with E-state index < -0.39 is 0 Å². The van der Waals surface area contributed by atoms with Crippen molar-refractivity contribution in [1.29, 1.82) is 0 Å². The van der Waals surface area contributed by atoms with E-state index in [2.05, 4.69) is 17.6 Å². The van der Waals surface area contributed by atoms with Crippen LogP contribution in [0.3, 0.4) is 0 Å². The first kappa shape index (κ1) is 15.8. The summed E-state index contributed by atoms with van der Waals surface area (Å²) in [6, 6.07) is 5.93. The highest BCUT2D eigenvalue weighted by molar-refractivity contribution is 5.96. The Morgan fingerprint density at radius 1 is 1.33 bits per heavy atom. The van der Waals surface area contributed by atoms with E-state index in [1.807, 2.05) is 25.1 Å². The van der Waals surface area contributed by atoms with Crippen molar-refractivity contribution in [3.63, 3.8) is 0 Å². The van der Waals surface area contributed by atoms with Crippen LogP contribution in [0.5, 0.6) is 0 Å². The molecule has 21 heavy (non-hydrogen) atoms. The Kier molecular flexibility index (Phi) is 6.05. The predicted molar refractivity (Wildman–Crippen MR) is 85.8 cm³/mol. The van der Waals surface area contributed by atoms with Crippen LogP contribution < -0.4 is 10.6 Å². The molecule has 2 N–H and O–H groups in total. The summed E-state index contributed by atoms with van der Waals surface area (Å²) in [5.74, 6) is 0.578. The molecule has 2 rings (SSSR count). The second-order valence-electron chi connectivity index (χ2n) is 5.72. The number of hydrogen-bond acceptors (Lipinski definition) is 3. The van der Waals surface area contributed by atoms with Crippen molar-refractivity contribution in [3.8, 4) is 0 Å². The SMILES string of the molecule is CCCNc1ccc(C(=O)NCC2CCOCC2)c(C)c1. The van der Waals surface area contributed by atoms with Gasteiger partial charge < -0.3 is 15.4 Å². The number of carbonyl (C=O) groups is 1. The normalized spacial score (nSPS) is 15.7. The molecule has 0 aliphatic carbocycles. The molecule has 116 valence electrons. The van der Waals surface area contributed by atoms with Crippen LogP contribution in [0.15, 0.2) is 18.2 Å². The van der Waals surface area contributed by atoms with E-state index in [0.29, 0.717) is 5.92 Å². The molecule has 1 heterocycles. The fourth-order valence-electron chi connectivity index (χ4n) is 2.58. The molecule has 0 atom stereocenters. The van der Waals surface area contributed by atoms with Crippen molar-refractivity contribution in [2.24, 2.45) is 5.92 Å². The van der Waals surface area contributed by atoms with Crippen LogP contribution in [-0.4, -0.2) is 32.2 Å². The van der Waals surface area contributed by atoms with Crippen molar-refractivity contribution in [3.05, 3.63) is 29.3 Å². The van der Waals surface area contributed by atoms with Crippen LogP contribution in [0, 0.1) is 12.8 Å². The van der Waals surface area contributed by atoms with Gasteiger partial charge in [0.1, 0.15) is 0 Å². The lowest BCUT2D eigenvalue weighted by atomic mass is 10.00. The number of carbonyl (C=O) groups excluding carboxylic acids is 1. The Bertz CT molecular complexity index is 468. The number of hydrogen-bond donors (Lipinski definition) is 2. The molecule has 1 amide bonds. The summed E-state index contributed by atoms with van der Waals surface area (Å²) in [6.45, 7) is 7.46. The van der Waals surface area contributed by atoms with Crippen LogP contribution in [0.4, 0.5) is 5.69 Å². The van der Waals surface area contributed by atoms with Gasteiger partial charge in [0, 0.05) is 37.6 Å². The molecule has 1 aliphatic heterocycles. The average molecular weight is 290 g/mol. The van der Waals surface area contributed by atoms with Gasteiger partial charge in [-0.1, -0.05) is 6.92 Å². The zero-order chi connectivity index (χ0) is 15.1. The van der Waals surface area contributed by atoms with E-state index in [1.165, 1.54) is 0 Å². The zero-order valence-corrected chi connectivity index (χ0v) is 13.1. The Hall–Kier alpha value is -1.55. The van der Waals surface area contributed by atoms with Crippen LogP contribution in [-0.2, 0) is 4.74 Å². The minimum Gasteiger partial charge on any atom is -0.385 e. The number of nitrogens with one attached hydrogen (secondary N) is 2. The largest absolute Gasteiger partial charge is 0.385 e. The van der Waals surface area contributed by atoms with Crippen molar-refractivity contribution < 1.29 is 9.53 Å². The first-order valence-electron chi connectivity index (χ1n) is 7.91. The highest BCUT2D eigenvalue weighted by Gasteiger charge is 2.16. The van der Waals surface area contributed by atoms with Gasteiger partial charge in [0.05, 0.1) is 0 Å². The van der Waals surface area contributed by atoms with E-state index in [0.717, 1.165) is 62.4 Å². The Labute approximate surface area is 127 Å². The lowest BCUT2D eigenvalue weighted by molar-refractivity contribution is 0.0642. The number of aryl methyl sites for hydroxylation is 1. The van der Waals surface area contributed by atoms with Crippen molar-refractivity contribution in [2.75, 3.05) is 31.6 Å². The molecule has 4 nitrogen and oxygen atoms in total. The molecular formula is C17H26N2O2. The fourth-order valence-corrected chi connectivity index (χ4v) is 2.58. The second kappa shape index (κ2) is 8.03. The van der Waals surface area contributed by atoms with E-state index in [9.17, 15) is 4.79 Å². The average Bonchev–Trinajstić information content (AvgIpc) is 2.51. The molecule has 0 unspecified atom stereocenters. The van der Waals surface area contributed by atoms with E-state index in [1.54, 1.807) is 0 Å². The molecule has 0 radical (unpaired) electrons. The molecule has 0 spiro atoms. The molecule has 1 aromatic rings. The van der Waals surface area contributed by atoms with Gasteiger partial charge in [0.25, 0.3) is 5.91 Å². The van der Waals surface area contributed by atoms with E-state index in [4.69, 9.17) is 4.74 Å². The van der Waals surface area contributed by atoms with Gasteiger partial charge in [-0.3, -0.25) is 4.79 Å². The quantitative estimate of drug-likeness (QED) is 0.847. The summed E-state index contributed by atoms with van der Waals surface area (Å²) in [5.41, 5.74) is 2.86. The maximum atomic E-state index is 12.3. The predicted octanol–water partition coefficient (Wildman–Crippen LogP) is 2.97. The van der Waals surface area contributed by atoms with Crippen LogP contribution in [0.1, 0.15) is 42.1 Å². The van der Waals surface area contributed by atoms with Gasteiger partial charge in [-0.25, -0.2) is 0 Å². The fraction of sp³-hybridized carbons (Fsp3) is 0.588. The van der Waals surface area contributed by atoms with Crippen LogP contribution in [0.25, 0.3) is 0 Å². The third-order valence-corrected chi connectivity index (χ3v) is 3.94. The van der Waals surface area contributed by atoms with Crippen LogP contribution >= 0.6 is 0 Å². The van der Waals surface area contributed by atoms with Gasteiger partial charge in [-0.05, 0) is 55.9 Å². The summed E-state index contributed by atoms with van der Waals surface area (Å²) < 4.78 is 5.34. The molecule has 0 saturated carbocycles. The zero-order valence-electron chi connectivity index (χ0n) is 13.1. The molecule has 1 saturated heterocycles. The number of ether oxygens (including phenoxy) is 1. The van der Waals surface area contributed by atoms with Gasteiger partial charge >= 0.3 is 0 Å². The lowest BCUT2D eigenvalue weighted by Gasteiger charge is -2.22. The highest BCUT2D eigenvalue weighted by atomic mass is 16.5. The summed E-state index contributed by atoms with van der Waals surface area (Å²) in [7, 11) is 0. The van der Waals surface area contributed by atoms with Gasteiger partial charge in [0.15, 0.2) is 0 Å². The summed E-state index contributed by atoms with van der Waals surface area (Å²) in [4.78, 5) is 12.3. The molecule has 4 heteroatoms. The summed E-state index contributed by atoms with van der Waals surface area (Å²) in [5, 5.41) is 6.40. The third kappa shape index (κ3) is 4.74. The number of amides is 1. The number of rotatable bonds is 6. The molecule has 1 fully saturated rings. The maximum Gasteiger partial charge on any atom is 0.251 e. The van der Waals surface area contributed by atoms with Gasteiger partial charge in [0.2, 0.25) is 0 Å². The number of benzene rings is 1. The monoisotopic (exact) mass is 290 g/mol. The number of anilines is 1. The highest BCUT2D eigenvalue weighted by Crippen LogP contribution is 2.17. The summed E-state index contributed by atoms with van der Waals surface area (Å²) >= 11 is 0. The molecular weight excluding hydrogens is 264 g/mol. The third-order valence-electron chi connectivity index (χ3n) is 3.94. The molecule has 1 aromatic carbocycles. The first-order valence-corrected chi connectivity index (χ1v) is 7.91. The Morgan fingerprint density at radius 2 is 2.10 bits per heavy atom.